The molecule has 0 saturated carbocycles. The lowest BCUT2D eigenvalue weighted by atomic mass is 10.7. The van der Waals surface area contributed by atoms with Crippen molar-refractivity contribution in [2.75, 3.05) is 13.8 Å². The van der Waals surface area contributed by atoms with Gasteiger partial charge >= 0.3 is 6.03 Å². The van der Waals surface area contributed by atoms with E-state index in [1.807, 2.05) is 0 Å². The molecule has 1 rings (SSSR count). The highest BCUT2D eigenvalue weighted by Crippen LogP contribution is 2.09. The summed E-state index contributed by atoms with van der Waals surface area (Å²) in [6, 6.07) is 3.34. The van der Waals surface area contributed by atoms with Crippen molar-refractivity contribution in [2.45, 2.75) is 0 Å². The number of amides is 1. The van der Waals surface area contributed by atoms with Crippen molar-refractivity contribution in [3.05, 3.63) is 22.9 Å². The second kappa shape index (κ2) is 4.27. The quantitative estimate of drug-likeness (QED) is 0.785. The zero-order valence-electron chi connectivity index (χ0n) is 6.58. The van der Waals surface area contributed by atoms with Gasteiger partial charge in [0.1, 0.15) is 6.73 Å². The molecule has 0 bridgehead atoms. The van der Waals surface area contributed by atoms with Gasteiger partial charge in [-0.1, -0.05) is 0 Å². The Labute approximate surface area is 78.6 Å². The molecule has 66 valence electrons. The number of ether oxygens (including phenoxy) is 1. The molecule has 4 nitrogen and oxygen atoms in total. The number of nitrogens with one attached hydrogen (secondary N) is 1. The van der Waals surface area contributed by atoms with Crippen molar-refractivity contribution in [3.63, 3.8) is 0 Å². The molecular weight excluding hydrogens is 224 g/mol. The Morgan fingerprint density at radius 1 is 1.83 bits per heavy atom. The molecule has 0 spiro atoms. The van der Waals surface area contributed by atoms with Crippen LogP contribution in [0.3, 0.4) is 0 Å². The minimum absolute atomic E-state index is 0.212. The Kier molecular flexibility index (Phi) is 3.31. The fourth-order valence-corrected chi connectivity index (χ4v) is 1.18. The highest BCUT2D eigenvalue weighted by atomic mass is 79.9. The summed E-state index contributed by atoms with van der Waals surface area (Å²) in [7, 11) is 1.52. The molecule has 1 aromatic heterocycles. The monoisotopic (exact) mass is 232 g/mol. The van der Waals surface area contributed by atoms with Crippen LogP contribution in [0.4, 0.5) is 4.79 Å². The van der Waals surface area contributed by atoms with E-state index in [2.05, 4.69) is 26.0 Å². The van der Waals surface area contributed by atoms with Crippen LogP contribution in [0, 0.1) is 0 Å². The Morgan fingerprint density at radius 2 is 2.58 bits per heavy atom. The van der Waals surface area contributed by atoms with E-state index in [9.17, 15) is 4.79 Å². The Hall–Kier alpha value is -0.810. The first-order chi connectivity index (χ1) is 5.75. The predicted molar refractivity (Wildman–Crippen MR) is 47.9 cm³/mol. The first-order valence-corrected chi connectivity index (χ1v) is 4.15. The smallest absolute Gasteiger partial charge is 0.328 e. The van der Waals surface area contributed by atoms with Crippen molar-refractivity contribution in [1.29, 1.82) is 0 Å². The van der Waals surface area contributed by atoms with Gasteiger partial charge in [-0.15, -0.1) is 0 Å². The maximum Gasteiger partial charge on any atom is 0.328 e. The van der Waals surface area contributed by atoms with E-state index in [-0.39, 0.29) is 12.8 Å². The summed E-state index contributed by atoms with van der Waals surface area (Å²) in [5.41, 5.74) is 0. The van der Waals surface area contributed by atoms with E-state index >= 15 is 0 Å². The van der Waals surface area contributed by atoms with Crippen LogP contribution in [-0.2, 0) is 4.74 Å². The molecule has 5 heteroatoms. The third-order valence-electron chi connectivity index (χ3n) is 1.29. The van der Waals surface area contributed by atoms with Gasteiger partial charge in [0.25, 0.3) is 0 Å². The molecule has 0 aromatic carbocycles. The fraction of sp³-hybridized carbons (Fsp3) is 0.286. The van der Waals surface area contributed by atoms with Gasteiger partial charge in [-0.3, -0.25) is 4.57 Å². The maximum absolute atomic E-state index is 11.2. The molecule has 0 aliphatic carbocycles. The van der Waals surface area contributed by atoms with Crippen molar-refractivity contribution < 1.29 is 9.53 Å². The summed E-state index contributed by atoms with van der Waals surface area (Å²) >= 11 is 3.22. The topological polar surface area (TPSA) is 43.3 Å². The minimum Gasteiger partial charge on any atom is -0.364 e. The first-order valence-electron chi connectivity index (χ1n) is 3.35. The summed E-state index contributed by atoms with van der Waals surface area (Å²) in [5, 5.41) is 2.55. The van der Waals surface area contributed by atoms with Crippen LogP contribution in [-0.4, -0.2) is 24.4 Å². The summed E-state index contributed by atoms with van der Waals surface area (Å²) in [4.78, 5) is 11.2. The molecule has 0 aliphatic rings. The standard InChI is InChI=1S/C7H9BrN2O2/c1-12-5-9-7(11)10-4-2-3-6(10)8/h2-4H,5H2,1H3,(H,9,11). The summed E-state index contributed by atoms with van der Waals surface area (Å²) in [5.74, 6) is 0. The number of carbonyl (C=O) groups excluding carboxylic acids is 1. The molecule has 0 radical (unpaired) electrons. The third-order valence-corrected chi connectivity index (χ3v) is 1.93. The van der Waals surface area contributed by atoms with Gasteiger partial charge in [-0.2, -0.15) is 0 Å². The molecule has 1 amide bonds. The lowest BCUT2D eigenvalue weighted by Crippen LogP contribution is -2.29. The number of aromatic nitrogens is 1. The van der Waals surface area contributed by atoms with E-state index in [0.717, 1.165) is 4.60 Å². The van der Waals surface area contributed by atoms with Crippen LogP contribution in [0.2, 0.25) is 0 Å². The number of rotatable bonds is 2. The van der Waals surface area contributed by atoms with Gasteiger partial charge in [0, 0.05) is 13.3 Å². The van der Waals surface area contributed by atoms with Gasteiger partial charge in [0.15, 0.2) is 0 Å². The zero-order valence-corrected chi connectivity index (χ0v) is 8.17. The van der Waals surface area contributed by atoms with Gasteiger partial charge in [0.05, 0.1) is 4.60 Å². The van der Waals surface area contributed by atoms with Crippen LogP contribution in [0.1, 0.15) is 0 Å². The van der Waals surface area contributed by atoms with E-state index in [4.69, 9.17) is 0 Å². The van der Waals surface area contributed by atoms with Crippen LogP contribution in [0.25, 0.3) is 0 Å². The van der Waals surface area contributed by atoms with E-state index in [1.54, 1.807) is 18.3 Å². The predicted octanol–water partition coefficient (Wildman–Crippen LogP) is 1.41. The average Bonchev–Trinajstić information content (AvgIpc) is 2.47. The highest BCUT2D eigenvalue weighted by molar-refractivity contribution is 9.10. The molecule has 1 heterocycles. The number of nitrogens with zero attached hydrogens (tertiary/aromatic N) is 1. The summed E-state index contributed by atoms with van der Waals surface area (Å²) in [6.45, 7) is 0.212. The second-order valence-electron chi connectivity index (χ2n) is 2.12. The minimum atomic E-state index is -0.214. The number of hydrogen-bond acceptors (Lipinski definition) is 2. The number of halogens is 1. The Balaban J connectivity index is 2.59. The van der Waals surface area contributed by atoms with Crippen molar-refractivity contribution in [1.82, 2.24) is 9.88 Å². The molecule has 0 atom stereocenters. The average molecular weight is 233 g/mol. The SMILES string of the molecule is COCNC(=O)n1cccc1Br. The molecular formula is C7H9BrN2O2. The van der Waals surface area contributed by atoms with Crippen LogP contribution < -0.4 is 5.32 Å². The molecule has 0 unspecified atom stereocenters. The Bertz CT molecular complexity index is 272. The number of carbonyl (C=O) groups is 1. The zero-order chi connectivity index (χ0) is 8.97. The third kappa shape index (κ3) is 2.09. The van der Waals surface area contributed by atoms with Gasteiger partial charge in [-0.05, 0) is 28.1 Å². The lowest BCUT2D eigenvalue weighted by Gasteiger charge is -2.04. The van der Waals surface area contributed by atoms with Crippen molar-refractivity contribution in [3.8, 4) is 0 Å². The molecule has 1 aromatic rings. The van der Waals surface area contributed by atoms with Crippen molar-refractivity contribution >= 4 is 22.0 Å². The molecule has 0 aliphatic heterocycles. The van der Waals surface area contributed by atoms with Crippen molar-refractivity contribution in [2.24, 2.45) is 0 Å². The second-order valence-corrected chi connectivity index (χ2v) is 2.93. The fourth-order valence-electron chi connectivity index (χ4n) is 0.744. The van der Waals surface area contributed by atoms with E-state index in [1.165, 1.54) is 11.7 Å². The van der Waals surface area contributed by atoms with Gasteiger partial charge in [-0.25, -0.2) is 4.79 Å². The van der Waals surface area contributed by atoms with Gasteiger partial charge in [0.2, 0.25) is 0 Å². The number of hydrogen-bond donors (Lipinski definition) is 1. The maximum atomic E-state index is 11.2. The summed E-state index contributed by atoms with van der Waals surface area (Å²) in [6.07, 6.45) is 1.66. The molecule has 12 heavy (non-hydrogen) atoms. The Morgan fingerprint density at radius 3 is 3.08 bits per heavy atom. The van der Waals surface area contributed by atoms with Crippen LogP contribution >= 0.6 is 15.9 Å². The van der Waals surface area contributed by atoms with E-state index < -0.39 is 0 Å². The van der Waals surface area contributed by atoms with Crippen LogP contribution in [0.5, 0.6) is 0 Å². The van der Waals surface area contributed by atoms with Gasteiger partial charge < -0.3 is 10.1 Å². The summed E-state index contributed by atoms with van der Waals surface area (Å²) < 4.78 is 6.85. The lowest BCUT2D eigenvalue weighted by molar-refractivity contribution is 0.173. The normalized spacial score (nSPS) is 9.83. The largest absolute Gasteiger partial charge is 0.364 e. The molecule has 0 fully saturated rings. The molecule has 1 N–H and O–H groups in total. The first kappa shape index (κ1) is 9.28. The van der Waals surface area contributed by atoms with E-state index in [0.29, 0.717) is 0 Å². The molecule has 0 saturated heterocycles. The highest BCUT2D eigenvalue weighted by Gasteiger charge is 2.04. The number of methoxy groups -OCH3 is 1. The van der Waals surface area contributed by atoms with Crippen LogP contribution in [0.15, 0.2) is 22.9 Å².